The summed E-state index contributed by atoms with van der Waals surface area (Å²) >= 11 is 0. The molecule has 0 aliphatic rings. The lowest BCUT2D eigenvalue weighted by atomic mass is 10.0. The first-order chi connectivity index (χ1) is 15.2. The van der Waals surface area contributed by atoms with Crippen molar-refractivity contribution in [2.45, 2.75) is 24.3 Å². The zero-order valence-corrected chi connectivity index (χ0v) is 19.3. The van der Waals surface area contributed by atoms with Gasteiger partial charge in [0, 0.05) is 31.8 Å². The fourth-order valence-electron chi connectivity index (χ4n) is 2.85. The minimum absolute atomic E-state index is 0.0623. The molecule has 0 fully saturated rings. The van der Waals surface area contributed by atoms with E-state index in [1.54, 1.807) is 26.2 Å². The summed E-state index contributed by atoms with van der Waals surface area (Å²) in [6.07, 6.45) is 2.04. The zero-order valence-electron chi connectivity index (χ0n) is 18.5. The van der Waals surface area contributed by atoms with Gasteiger partial charge in [0.1, 0.15) is 5.75 Å². The van der Waals surface area contributed by atoms with E-state index in [0.29, 0.717) is 17.7 Å². The Bertz CT molecular complexity index is 1050. The highest BCUT2D eigenvalue weighted by atomic mass is 32.2. The van der Waals surface area contributed by atoms with E-state index in [0.717, 1.165) is 5.56 Å². The Labute approximate surface area is 189 Å². The van der Waals surface area contributed by atoms with Crippen molar-refractivity contribution in [1.82, 2.24) is 14.9 Å². The molecule has 1 unspecified atom stereocenters. The van der Waals surface area contributed by atoms with Crippen molar-refractivity contribution in [2.75, 3.05) is 27.2 Å². The molecule has 0 saturated heterocycles. The molecule has 0 bridgehead atoms. The van der Waals surface area contributed by atoms with Gasteiger partial charge in [-0.15, -0.1) is 6.58 Å². The summed E-state index contributed by atoms with van der Waals surface area (Å²) < 4.78 is 32.4. The van der Waals surface area contributed by atoms with Crippen molar-refractivity contribution < 1.29 is 22.7 Å². The number of benzene rings is 2. The first-order valence-corrected chi connectivity index (χ1v) is 11.6. The van der Waals surface area contributed by atoms with Crippen LogP contribution in [0.15, 0.2) is 66.1 Å². The third-order valence-electron chi connectivity index (χ3n) is 4.70. The third-order valence-corrected chi connectivity index (χ3v) is 6.14. The quantitative estimate of drug-likeness (QED) is 0.503. The lowest BCUT2D eigenvalue weighted by Crippen LogP contribution is -2.30. The predicted molar refractivity (Wildman–Crippen MR) is 123 cm³/mol. The Kier molecular flexibility index (Phi) is 8.98. The fourth-order valence-corrected chi connectivity index (χ4v) is 3.85. The Morgan fingerprint density at radius 3 is 2.38 bits per heavy atom. The summed E-state index contributed by atoms with van der Waals surface area (Å²) in [5.74, 6) is -0.00175. The number of amides is 2. The number of ether oxygens (including phenoxy) is 1. The molecule has 0 heterocycles. The van der Waals surface area contributed by atoms with E-state index in [-0.39, 0.29) is 35.9 Å². The predicted octanol–water partition coefficient (Wildman–Crippen LogP) is 2.50. The van der Waals surface area contributed by atoms with Crippen molar-refractivity contribution in [2.24, 2.45) is 0 Å². The van der Waals surface area contributed by atoms with Crippen LogP contribution in [0, 0.1) is 0 Å². The maximum Gasteiger partial charge on any atom is 0.259 e. The fraction of sp³-hybridized carbons (Fsp3) is 0.304. The van der Waals surface area contributed by atoms with Crippen LogP contribution in [0.2, 0.25) is 0 Å². The van der Waals surface area contributed by atoms with Gasteiger partial charge in [0.2, 0.25) is 10.0 Å². The number of nitrogens with one attached hydrogen (secondary N) is 2. The molecule has 8 nitrogen and oxygen atoms in total. The number of carbonyl (C=O) groups excluding carboxylic acids is 2. The van der Waals surface area contributed by atoms with Crippen LogP contribution < -0.4 is 14.8 Å². The van der Waals surface area contributed by atoms with E-state index in [9.17, 15) is 18.0 Å². The number of likely N-dealkylation sites (N-methyl/N-ethyl adjacent to an activating group) is 1. The van der Waals surface area contributed by atoms with Gasteiger partial charge >= 0.3 is 0 Å². The Hall–Kier alpha value is -3.17. The lowest BCUT2D eigenvalue weighted by Gasteiger charge is -2.21. The van der Waals surface area contributed by atoms with Crippen LogP contribution in [0.25, 0.3) is 0 Å². The van der Waals surface area contributed by atoms with Crippen molar-refractivity contribution in [3.63, 3.8) is 0 Å². The second kappa shape index (κ2) is 11.4. The van der Waals surface area contributed by atoms with Crippen LogP contribution in [0.1, 0.15) is 35.3 Å². The van der Waals surface area contributed by atoms with E-state index in [1.807, 2.05) is 19.1 Å². The number of hydrogen-bond acceptors (Lipinski definition) is 5. The van der Waals surface area contributed by atoms with Crippen LogP contribution in [-0.4, -0.2) is 52.4 Å². The second-order valence-corrected chi connectivity index (χ2v) is 8.98. The zero-order chi connectivity index (χ0) is 23.7. The molecule has 172 valence electrons. The van der Waals surface area contributed by atoms with Gasteiger partial charge in [-0.3, -0.25) is 9.59 Å². The topological polar surface area (TPSA) is 105 Å². The number of para-hydroxylation sites is 1. The number of carbonyl (C=O) groups is 2. The minimum Gasteiger partial charge on any atom is -0.483 e. The van der Waals surface area contributed by atoms with E-state index in [4.69, 9.17) is 4.74 Å². The first-order valence-electron chi connectivity index (χ1n) is 10.1. The van der Waals surface area contributed by atoms with Gasteiger partial charge in [-0.25, -0.2) is 13.1 Å². The van der Waals surface area contributed by atoms with Crippen LogP contribution in [0.4, 0.5) is 0 Å². The highest BCUT2D eigenvalue weighted by Crippen LogP contribution is 2.27. The monoisotopic (exact) mass is 459 g/mol. The smallest absolute Gasteiger partial charge is 0.259 e. The molecule has 1 atom stereocenters. The summed E-state index contributed by atoms with van der Waals surface area (Å²) in [6, 6.07) is 12.6. The summed E-state index contributed by atoms with van der Waals surface area (Å²) in [5, 5.41) is 2.95. The normalized spacial score (nSPS) is 12.0. The molecular formula is C23H29N3O5S. The van der Waals surface area contributed by atoms with Gasteiger partial charge in [-0.1, -0.05) is 31.2 Å². The number of hydrogen-bond donors (Lipinski definition) is 2. The molecule has 0 radical (unpaired) electrons. The molecule has 0 aliphatic heterocycles. The summed E-state index contributed by atoms with van der Waals surface area (Å²) in [6.45, 7) is 5.41. The van der Waals surface area contributed by atoms with Gasteiger partial charge in [0.25, 0.3) is 11.8 Å². The van der Waals surface area contributed by atoms with Crippen LogP contribution in [0.5, 0.6) is 5.75 Å². The second-order valence-electron chi connectivity index (χ2n) is 7.21. The molecule has 2 rings (SSSR count). The Balaban J connectivity index is 2.15. The average Bonchev–Trinajstić information content (AvgIpc) is 2.79. The van der Waals surface area contributed by atoms with Crippen LogP contribution in [0.3, 0.4) is 0 Å². The average molecular weight is 460 g/mol. The van der Waals surface area contributed by atoms with Gasteiger partial charge in [-0.05, 0) is 36.8 Å². The summed E-state index contributed by atoms with van der Waals surface area (Å²) in [7, 11) is -0.358. The van der Waals surface area contributed by atoms with Crippen molar-refractivity contribution in [3.05, 3.63) is 72.3 Å². The van der Waals surface area contributed by atoms with Crippen molar-refractivity contribution >= 4 is 21.8 Å². The standard InChI is InChI=1S/C23H29N3O5S/c1-5-15-24-32(29,30)18-13-11-17(12-14-18)23(28)25-20(6-2)19-9-7-8-10-21(19)31-16-22(27)26(3)4/h5,7-14,20,24H,1,6,15-16H2,2-4H3,(H,25,28). The van der Waals surface area contributed by atoms with E-state index in [1.165, 1.54) is 35.2 Å². The number of rotatable bonds is 11. The number of sulfonamides is 1. The van der Waals surface area contributed by atoms with Gasteiger partial charge in [0.05, 0.1) is 10.9 Å². The molecule has 0 aliphatic carbocycles. The third kappa shape index (κ3) is 6.66. The lowest BCUT2D eigenvalue weighted by molar-refractivity contribution is -0.130. The first kappa shape index (κ1) is 25.1. The van der Waals surface area contributed by atoms with Crippen LogP contribution in [-0.2, 0) is 14.8 Å². The summed E-state index contributed by atoms with van der Waals surface area (Å²) in [4.78, 5) is 26.2. The molecular weight excluding hydrogens is 430 g/mol. The molecule has 2 amide bonds. The Morgan fingerprint density at radius 1 is 1.12 bits per heavy atom. The highest BCUT2D eigenvalue weighted by Gasteiger charge is 2.19. The molecule has 32 heavy (non-hydrogen) atoms. The molecule has 2 aromatic rings. The molecule has 0 spiro atoms. The maximum atomic E-state index is 12.8. The van der Waals surface area contributed by atoms with E-state index >= 15 is 0 Å². The van der Waals surface area contributed by atoms with E-state index < -0.39 is 10.0 Å². The minimum atomic E-state index is -3.66. The van der Waals surface area contributed by atoms with Crippen LogP contribution >= 0.6 is 0 Å². The van der Waals surface area contributed by atoms with Gasteiger partial charge < -0.3 is 15.0 Å². The van der Waals surface area contributed by atoms with Crippen molar-refractivity contribution in [1.29, 1.82) is 0 Å². The highest BCUT2D eigenvalue weighted by molar-refractivity contribution is 7.89. The molecule has 0 aromatic heterocycles. The van der Waals surface area contributed by atoms with E-state index in [2.05, 4.69) is 16.6 Å². The molecule has 9 heteroatoms. The van der Waals surface area contributed by atoms with Gasteiger partial charge in [0.15, 0.2) is 6.61 Å². The molecule has 2 aromatic carbocycles. The molecule has 2 N–H and O–H groups in total. The van der Waals surface area contributed by atoms with Crippen molar-refractivity contribution in [3.8, 4) is 5.75 Å². The summed E-state index contributed by atoms with van der Waals surface area (Å²) in [5.41, 5.74) is 1.08. The number of nitrogens with zero attached hydrogens (tertiary/aromatic N) is 1. The maximum absolute atomic E-state index is 12.8. The SMILES string of the molecule is C=CCNS(=O)(=O)c1ccc(C(=O)NC(CC)c2ccccc2OCC(=O)N(C)C)cc1. The molecule has 0 saturated carbocycles. The van der Waals surface area contributed by atoms with Gasteiger partial charge in [-0.2, -0.15) is 0 Å². The largest absolute Gasteiger partial charge is 0.483 e. The Morgan fingerprint density at radius 2 is 1.78 bits per heavy atom.